The molecule has 0 fully saturated rings. The van der Waals surface area contributed by atoms with Crippen molar-refractivity contribution >= 4 is 10.9 Å². The number of H-pyrrole nitrogens is 1. The summed E-state index contributed by atoms with van der Waals surface area (Å²) in [5, 5.41) is 13.7. The third-order valence-corrected chi connectivity index (χ3v) is 3.54. The summed E-state index contributed by atoms with van der Waals surface area (Å²) in [5.41, 5.74) is 2.50. The number of aliphatic hydroxyl groups is 1. The quantitative estimate of drug-likeness (QED) is 0.703. The van der Waals surface area contributed by atoms with Crippen LogP contribution in [0.5, 0.6) is 0 Å². The van der Waals surface area contributed by atoms with Crippen molar-refractivity contribution in [3.05, 3.63) is 36.0 Å². The van der Waals surface area contributed by atoms with Crippen molar-refractivity contribution in [2.75, 3.05) is 13.2 Å². The molecule has 3 N–H and O–H groups in total. The van der Waals surface area contributed by atoms with E-state index in [1.807, 2.05) is 6.07 Å². The lowest BCUT2D eigenvalue weighted by atomic mass is 10.0. The Morgan fingerprint density at radius 1 is 1.33 bits per heavy atom. The van der Waals surface area contributed by atoms with Crippen LogP contribution in [0.4, 0.5) is 0 Å². The van der Waals surface area contributed by atoms with Gasteiger partial charge in [-0.2, -0.15) is 0 Å². The van der Waals surface area contributed by atoms with Gasteiger partial charge < -0.3 is 15.4 Å². The van der Waals surface area contributed by atoms with E-state index in [0.29, 0.717) is 5.92 Å². The maximum absolute atomic E-state index is 8.96. The Kier molecular flexibility index (Phi) is 4.79. The highest BCUT2D eigenvalue weighted by atomic mass is 16.3. The lowest BCUT2D eigenvalue weighted by molar-refractivity contribution is 0.251. The molecule has 1 aromatic heterocycles. The molecular weight excluding hydrogens is 224 g/mol. The number of nitrogens with one attached hydrogen (secondary N) is 2. The predicted octanol–water partition coefficient (Wildman–Crippen LogP) is 2.67. The van der Waals surface area contributed by atoms with E-state index in [1.54, 1.807) is 0 Å². The molecule has 1 heterocycles. The fourth-order valence-electron chi connectivity index (χ4n) is 2.32. The molecule has 0 saturated carbocycles. The number of benzene rings is 1. The summed E-state index contributed by atoms with van der Waals surface area (Å²) >= 11 is 0. The molecule has 0 aliphatic carbocycles. The van der Waals surface area contributed by atoms with Gasteiger partial charge >= 0.3 is 0 Å². The van der Waals surface area contributed by atoms with Gasteiger partial charge in [-0.1, -0.05) is 31.5 Å². The van der Waals surface area contributed by atoms with Gasteiger partial charge in [0.15, 0.2) is 0 Å². The number of fused-ring (bicyclic) bond motifs is 1. The highest BCUT2D eigenvalue weighted by Gasteiger charge is 2.06. The van der Waals surface area contributed by atoms with E-state index in [0.717, 1.165) is 25.9 Å². The lowest BCUT2D eigenvalue weighted by Gasteiger charge is -2.13. The third kappa shape index (κ3) is 3.12. The molecule has 0 aliphatic rings. The normalized spacial score (nSPS) is 13.0. The molecule has 18 heavy (non-hydrogen) atoms. The first kappa shape index (κ1) is 13.1. The van der Waals surface area contributed by atoms with Gasteiger partial charge in [-0.3, -0.25) is 0 Å². The van der Waals surface area contributed by atoms with Crippen LogP contribution >= 0.6 is 0 Å². The zero-order chi connectivity index (χ0) is 12.8. The first-order valence-electron chi connectivity index (χ1n) is 6.71. The first-order valence-corrected chi connectivity index (χ1v) is 6.71. The maximum atomic E-state index is 8.96. The molecule has 1 atom stereocenters. The molecular formula is C15H22N2O. The van der Waals surface area contributed by atoms with Gasteiger partial charge in [-0.15, -0.1) is 0 Å². The van der Waals surface area contributed by atoms with E-state index in [9.17, 15) is 0 Å². The van der Waals surface area contributed by atoms with Crippen molar-refractivity contribution in [3.63, 3.8) is 0 Å². The lowest BCUT2D eigenvalue weighted by Crippen LogP contribution is -2.22. The summed E-state index contributed by atoms with van der Waals surface area (Å²) in [5.74, 6) is 0.570. The highest BCUT2D eigenvalue weighted by molar-refractivity contribution is 5.82. The molecule has 1 unspecified atom stereocenters. The Hall–Kier alpha value is -1.32. The molecule has 0 saturated heterocycles. The summed E-state index contributed by atoms with van der Waals surface area (Å²) in [6, 6.07) is 8.36. The number of aliphatic hydroxyl groups excluding tert-OH is 1. The average Bonchev–Trinajstić information content (AvgIpc) is 2.81. The monoisotopic (exact) mass is 246 g/mol. The molecule has 0 radical (unpaired) electrons. The van der Waals surface area contributed by atoms with Crippen LogP contribution in [0.2, 0.25) is 0 Å². The van der Waals surface area contributed by atoms with Gasteiger partial charge in [0.05, 0.1) is 0 Å². The predicted molar refractivity (Wildman–Crippen MR) is 75.5 cm³/mol. The number of aromatic nitrogens is 1. The highest BCUT2D eigenvalue weighted by Crippen LogP contribution is 2.17. The van der Waals surface area contributed by atoms with E-state index in [4.69, 9.17) is 5.11 Å². The summed E-state index contributed by atoms with van der Waals surface area (Å²) < 4.78 is 0. The van der Waals surface area contributed by atoms with E-state index < -0.39 is 0 Å². The van der Waals surface area contributed by atoms with Crippen molar-refractivity contribution in [3.8, 4) is 0 Å². The van der Waals surface area contributed by atoms with E-state index in [2.05, 4.69) is 41.6 Å². The van der Waals surface area contributed by atoms with Crippen molar-refractivity contribution in [2.45, 2.75) is 26.3 Å². The third-order valence-electron chi connectivity index (χ3n) is 3.54. The zero-order valence-corrected chi connectivity index (χ0v) is 10.9. The molecule has 0 spiro atoms. The van der Waals surface area contributed by atoms with Crippen molar-refractivity contribution in [1.82, 2.24) is 10.3 Å². The number of hydrogen-bond acceptors (Lipinski definition) is 2. The van der Waals surface area contributed by atoms with Crippen LogP contribution in [0.3, 0.4) is 0 Å². The van der Waals surface area contributed by atoms with E-state index in [1.165, 1.54) is 16.5 Å². The molecule has 1 aromatic carbocycles. The van der Waals surface area contributed by atoms with Gasteiger partial charge in [0.2, 0.25) is 0 Å². The van der Waals surface area contributed by atoms with Crippen molar-refractivity contribution < 1.29 is 5.11 Å². The fourth-order valence-corrected chi connectivity index (χ4v) is 2.32. The smallest absolute Gasteiger partial charge is 0.0457 e. The molecule has 0 amide bonds. The second-order valence-electron chi connectivity index (χ2n) is 4.78. The number of aromatic amines is 1. The number of para-hydroxylation sites is 1. The molecule has 3 nitrogen and oxygen atoms in total. The van der Waals surface area contributed by atoms with Gasteiger partial charge in [-0.05, 0) is 30.5 Å². The standard InChI is InChI=1S/C15H22N2O/c1-2-12(7-8-18)9-16-10-13-11-17-15-6-4-3-5-14(13)15/h3-6,11-12,16-18H,2,7-10H2,1H3. The van der Waals surface area contributed by atoms with Crippen LogP contribution in [0, 0.1) is 5.92 Å². The first-order chi connectivity index (χ1) is 8.85. The van der Waals surface area contributed by atoms with Crippen molar-refractivity contribution in [1.29, 1.82) is 0 Å². The Bertz CT molecular complexity index is 478. The average molecular weight is 246 g/mol. The van der Waals surface area contributed by atoms with Crippen LogP contribution in [0.15, 0.2) is 30.5 Å². The SMILES string of the molecule is CCC(CCO)CNCc1c[nH]c2ccccc12. The van der Waals surface area contributed by atoms with Crippen LogP contribution in [0.25, 0.3) is 10.9 Å². The van der Waals surface area contributed by atoms with Gasteiger partial charge in [0.25, 0.3) is 0 Å². The zero-order valence-electron chi connectivity index (χ0n) is 10.9. The second kappa shape index (κ2) is 6.57. The van der Waals surface area contributed by atoms with Crippen molar-refractivity contribution in [2.24, 2.45) is 5.92 Å². The van der Waals surface area contributed by atoms with Crippen LogP contribution in [-0.4, -0.2) is 23.2 Å². The Labute approximate surface area is 108 Å². The van der Waals surface area contributed by atoms with Crippen LogP contribution in [-0.2, 0) is 6.54 Å². The molecule has 2 aromatic rings. The number of hydrogen-bond donors (Lipinski definition) is 3. The van der Waals surface area contributed by atoms with Crippen LogP contribution in [0.1, 0.15) is 25.3 Å². The number of rotatable bonds is 7. The molecule has 0 aliphatic heterocycles. The second-order valence-corrected chi connectivity index (χ2v) is 4.78. The molecule has 0 bridgehead atoms. The Balaban J connectivity index is 1.90. The summed E-state index contributed by atoms with van der Waals surface area (Å²) in [7, 11) is 0. The summed E-state index contributed by atoms with van der Waals surface area (Å²) in [6.45, 7) is 4.31. The van der Waals surface area contributed by atoms with Gasteiger partial charge in [-0.25, -0.2) is 0 Å². The van der Waals surface area contributed by atoms with Gasteiger partial charge in [0, 0.05) is 30.3 Å². The Morgan fingerprint density at radius 2 is 2.17 bits per heavy atom. The molecule has 98 valence electrons. The molecule has 3 heteroatoms. The largest absolute Gasteiger partial charge is 0.396 e. The summed E-state index contributed by atoms with van der Waals surface area (Å²) in [4.78, 5) is 3.29. The van der Waals surface area contributed by atoms with E-state index >= 15 is 0 Å². The van der Waals surface area contributed by atoms with Crippen LogP contribution < -0.4 is 5.32 Å². The maximum Gasteiger partial charge on any atom is 0.0457 e. The molecule has 2 rings (SSSR count). The van der Waals surface area contributed by atoms with E-state index in [-0.39, 0.29) is 6.61 Å². The topological polar surface area (TPSA) is 48.0 Å². The fraction of sp³-hybridized carbons (Fsp3) is 0.467. The van der Waals surface area contributed by atoms with Gasteiger partial charge in [0.1, 0.15) is 0 Å². The minimum Gasteiger partial charge on any atom is -0.396 e. The Morgan fingerprint density at radius 3 is 2.94 bits per heavy atom. The minimum absolute atomic E-state index is 0.285. The minimum atomic E-state index is 0.285. The summed E-state index contributed by atoms with van der Waals surface area (Å²) in [6.07, 6.45) is 4.07.